The Balaban J connectivity index is 2.73. The minimum absolute atomic E-state index is 0.0180. The molecule has 1 aromatic rings. The van der Waals surface area contributed by atoms with Crippen molar-refractivity contribution in [2.24, 2.45) is 0 Å². The lowest BCUT2D eigenvalue weighted by molar-refractivity contribution is -0.117. The van der Waals surface area contributed by atoms with Crippen LogP contribution in [0.3, 0.4) is 0 Å². The molecular formula is C11H10N2O2S. The van der Waals surface area contributed by atoms with E-state index in [0.29, 0.717) is 5.69 Å². The smallest absolute Gasteiger partial charge is 0.186 e. The average Bonchev–Trinajstić information content (AvgIpc) is 2.29. The minimum Gasteiger partial charge on any atom is -0.297 e. The number of rotatable bonds is 4. The Morgan fingerprint density at radius 3 is 2.81 bits per heavy atom. The molecule has 0 spiro atoms. The van der Waals surface area contributed by atoms with Crippen LogP contribution in [0.5, 0.6) is 0 Å². The summed E-state index contributed by atoms with van der Waals surface area (Å²) in [5.74, 6) is -1.15. The molecule has 16 heavy (non-hydrogen) atoms. The first-order chi connectivity index (χ1) is 7.65. The van der Waals surface area contributed by atoms with Crippen LogP contribution >= 0.6 is 11.8 Å². The van der Waals surface area contributed by atoms with Crippen LogP contribution in [0.1, 0.15) is 18.5 Å². The molecule has 1 aromatic heterocycles. The highest BCUT2D eigenvalue weighted by molar-refractivity contribution is 8.14. The summed E-state index contributed by atoms with van der Waals surface area (Å²) in [5, 5.41) is 8.78. The number of thioether (sulfide) groups is 1. The number of carbonyl (C=O) groups is 2. The van der Waals surface area contributed by atoms with E-state index in [1.807, 2.05) is 6.07 Å². The Morgan fingerprint density at radius 1 is 1.56 bits per heavy atom. The van der Waals surface area contributed by atoms with Crippen molar-refractivity contribution in [3.8, 4) is 6.07 Å². The van der Waals surface area contributed by atoms with Crippen LogP contribution in [0.15, 0.2) is 24.4 Å². The van der Waals surface area contributed by atoms with Crippen molar-refractivity contribution in [2.75, 3.05) is 5.75 Å². The molecule has 0 aliphatic rings. The summed E-state index contributed by atoms with van der Waals surface area (Å²) < 4.78 is 0. The number of ketones is 1. The van der Waals surface area contributed by atoms with Crippen molar-refractivity contribution in [2.45, 2.75) is 12.8 Å². The third-order valence-corrected chi connectivity index (χ3v) is 2.69. The molecule has 1 rings (SSSR count). The molecular weight excluding hydrogens is 224 g/mol. The third kappa shape index (κ3) is 3.48. The van der Waals surface area contributed by atoms with Crippen LogP contribution < -0.4 is 0 Å². The number of hydrogen-bond donors (Lipinski definition) is 0. The van der Waals surface area contributed by atoms with Gasteiger partial charge in [-0.05, 0) is 12.1 Å². The monoisotopic (exact) mass is 234 g/mol. The molecule has 5 heteroatoms. The van der Waals surface area contributed by atoms with E-state index in [1.165, 1.54) is 13.1 Å². The lowest BCUT2D eigenvalue weighted by Gasteiger charge is -2.05. The van der Waals surface area contributed by atoms with Crippen molar-refractivity contribution in [1.82, 2.24) is 4.98 Å². The molecule has 0 bridgehead atoms. The van der Waals surface area contributed by atoms with E-state index in [9.17, 15) is 9.59 Å². The Morgan fingerprint density at radius 2 is 2.31 bits per heavy atom. The summed E-state index contributed by atoms with van der Waals surface area (Å²) in [6.07, 6.45) is 1.53. The second-order valence-corrected chi connectivity index (χ2v) is 4.22. The second-order valence-electron chi connectivity index (χ2n) is 3.06. The number of hydrogen-bond acceptors (Lipinski definition) is 5. The van der Waals surface area contributed by atoms with Gasteiger partial charge in [0.25, 0.3) is 0 Å². The molecule has 0 aromatic carbocycles. The zero-order valence-corrected chi connectivity index (χ0v) is 9.53. The summed E-state index contributed by atoms with van der Waals surface area (Å²) in [4.78, 5) is 26.3. The standard InChI is InChI=1S/C11H10N2O2S/c1-8(14)16-7-11(15)9(6-12)10-4-2-3-5-13-10/h2-5,9H,7H2,1H3. The van der Waals surface area contributed by atoms with Gasteiger partial charge in [0.2, 0.25) is 0 Å². The first-order valence-corrected chi connectivity index (χ1v) is 5.60. The predicted molar refractivity (Wildman–Crippen MR) is 60.7 cm³/mol. The molecule has 0 saturated carbocycles. The van der Waals surface area contributed by atoms with E-state index in [-0.39, 0.29) is 16.7 Å². The Kier molecular flexibility index (Phi) is 4.67. The van der Waals surface area contributed by atoms with Crippen LogP contribution in [0, 0.1) is 11.3 Å². The number of carbonyl (C=O) groups excluding carboxylic acids is 2. The number of nitrogens with zero attached hydrogens (tertiary/aromatic N) is 2. The molecule has 4 nitrogen and oxygen atoms in total. The first kappa shape index (κ1) is 12.4. The summed E-state index contributed by atoms with van der Waals surface area (Å²) in [6.45, 7) is 1.39. The van der Waals surface area contributed by atoms with Gasteiger partial charge in [-0.3, -0.25) is 14.6 Å². The lowest BCUT2D eigenvalue weighted by atomic mass is 10.0. The Hall–Kier alpha value is -1.67. The van der Waals surface area contributed by atoms with E-state index in [1.54, 1.807) is 18.2 Å². The van der Waals surface area contributed by atoms with E-state index < -0.39 is 5.92 Å². The number of pyridine rings is 1. The zero-order valence-electron chi connectivity index (χ0n) is 8.71. The Labute approximate surface area is 97.7 Å². The molecule has 0 aliphatic carbocycles. The van der Waals surface area contributed by atoms with Crippen LogP contribution in [-0.2, 0) is 9.59 Å². The van der Waals surface area contributed by atoms with Crippen LogP contribution in [-0.4, -0.2) is 21.6 Å². The van der Waals surface area contributed by atoms with Crippen LogP contribution in [0.25, 0.3) is 0 Å². The van der Waals surface area contributed by atoms with Gasteiger partial charge in [0.1, 0.15) is 5.92 Å². The second kappa shape index (κ2) is 6.03. The summed E-state index contributed by atoms with van der Waals surface area (Å²) in [7, 11) is 0. The molecule has 0 saturated heterocycles. The van der Waals surface area contributed by atoms with Crippen molar-refractivity contribution in [3.05, 3.63) is 30.1 Å². The molecule has 0 radical (unpaired) electrons. The maximum atomic E-state index is 11.6. The van der Waals surface area contributed by atoms with Gasteiger partial charge in [-0.1, -0.05) is 17.8 Å². The van der Waals surface area contributed by atoms with Crippen molar-refractivity contribution >= 4 is 22.7 Å². The fourth-order valence-corrected chi connectivity index (χ4v) is 1.62. The van der Waals surface area contributed by atoms with Gasteiger partial charge in [0.15, 0.2) is 10.9 Å². The largest absolute Gasteiger partial charge is 0.297 e. The minimum atomic E-state index is -0.881. The maximum Gasteiger partial charge on any atom is 0.186 e. The highest BCUT2D eigenvalue weighted by atomic mass is 32.2. The van der Waals surface area contributed by atoms with Gasteiger partial charge < -0.3 is 0 Å². The zero-order chi connectivity index (χ0) is 12.0. The van der Waals surface area contributed by atoms with E-state index in [2.05, 4.69) is 4.98 Å². The lowest BCUT2D eigenvalue weighted by Crippen LogP contribution is -2.15. The van der Waals surface area contributed by atoms with Gasteiger partial charge in [0.05, 0.1) is 17.5 Å². The third-order valence-electron chi connectivity index (χ3n) is 1.85. The fourth-order valence-electron chi connectivity index (χ4n) is 1.11. The number of Topliss-reactive ketones (excluding diaryl/α,β-unsaturated/α-hetero) is 1. The van der Waals surface area contributed by atoms with Gasteiger partial charge in [-0.25, -0.2) is 0 Å². The van der Waals surface area contributed by atoms with Gasteiger partial charge in [0, 0.05) is 13.1 Å². The van der Waals surface area contributed by atoms with E-state index >= 15 is 0 Å². The van der Waals surface area contributed by atoms with Gasteiger partial charge in [-0.15, -0.1) is 0 Å². The molecule has 1 heterocycles. The van der Waals surface area contributed by atoms with E-state index in [4.69, 9.17) is 5.26 Å². The van der Waals surface area contributed by atoms with Crippen molar-refractivity contribution in [3.63, 3.8) is 0 Å². The molecule has 1 atom stereocenters. The normalized spacial score (nSPS) is 11.5. The molecule has 0 fully saturated rings. The summed E-state index contributed by atoms with van der Waals surface area (Å²) in [6, 6.07) is 6.97. The van der Waals surface area contributed by atoms with Crippen molar-refractivity contribution in [1.29, 1.82) is 5.26 Å². The SMILES string of the molecule is CC(=O)SCC(=O)C(C#N)c1ccccn1. The van der Waals surface area contributed by atoms with Crippen LogP contribution in [0.2, 0.25) is 0 Å². The highest BCUT2D eigenvalue weighted by Gasteiger charge is 2.21. The number of aromatic nitrogens is 1. The summed E-state index contributed by atoms with van der Waals surface area (Å²) >= 11 is 0.910. The predicted octanol–water partition coefficient (Wildman–Crippen LogP) is 1.54. The first-order valence-electron chi connectivity index (χ1n) is 4.61. The molecule has 1 unspecified atom stereocenters. The molecule has 0 aliphatic heterocycles. The quantitative estimate of drug-likeness (QED) is 0.790. The van der Waals surface area contributed by atoms with Gasteiger partial charge >= 0.3 is 0 Å². The maximum absolute atomic E-state index is 11.6. The topological polar surface area (TPSA) is 70.8 Å². The van der Waals surface area contributed by atoms with Crippen LogP contribution in [0.4, 0.5) is 0 Å². The molecule has 0 amide bonds. The van der Waals surface area contributed by atoms with Crippen molar-refractivity contribution < 1.29 is 9.59 Å². The van der Waals surface area contributed by atoms with Gasteiger partial charge in [-0.2, -0.15) is 5.26 Å². The summed E-state index contributed by atoms with van der Waals surface area (Å²) in [5.41, 5.74) is 0.430. The van der Waals surface area contributed by atoms with E-state index in [0.717, 1.165) is 11.8 Å². The average molecular weight is 234 g/mol. The molecule has 0 N–H and O–H groups in total. The molecule has 82 valence electrons. The Bertz CT molecular complexity index is 425. The number of nitriles is 1. The highest BCUT2D eigenvalue weighted by Crippen LogP contribution is 2.16. The fraction of sp³-hybridized carbons (Fsp3) is 0.273.